The number of rotatable bonds is 4. The van der Waals surface area contributed by atoms with Gasteiger partial charge in [0.25, 0.3) is 17.7 Å². The first-order valence-electron chi connectivity index (χ1n) is 11.1. The first-order chi connectivity index (χ1) is 16.0. The molecule has 2 aliphatic rings. The molecule has 2 heterocycles. The van der Waals surface area contributed by atoms with E-state index < -0.39 is 0 Å². The minimum atomic E-state index is -0.279. The molecule has 0 saturated carbocycles. The van der Waals surface area contributed by atoms with Gasteiger partial charge in [0.05, 0.1) is 23.7 Å². The van der Waals surface area contributed by atoms with Crippen molar-refractivity contribution in [1.29, 1.82) is 0 Å². The van der Waals surface area contributed by atoms with Gasteiger partial charge >= 0.3 is 0 Å². The SMILES string of the molecule is CN1CCN(C(=O)c2ccc(CN3C(=O)c4ccccc4C3=O)cc2)[C@@H](c2ccccc2)C1. The van der Waals surface area contributed by atoms with Gasteiger partial charge in [-0.25, -0.2) is 0 Å². The van der Waals surface area contributed by atoms with Crippen LogP contribution in [0.15, 0.2) is 78.9 Å². The molecule has 0 aliphatic carbocycles. The van der Waals surface area contributed by atoms with Crippen molar-refractivity contribution in [3.8, 4) is 0 Å². The number of carbonyl (C=O) groups excluding carboxylic acids is 3. The van der Waals surface area contributed by atoms with Crippen molar-refractivity contribution < 1.29 is 14.4 Å². The molecular formula is C27H25N3O3. The molecule has 3 aromatic rings. The van der Waals surface area contributed by atoms with Gasteiger partial charge in [0, 0.05) is 25.2 Å². The van der Waals surface area contributed by atoms with Gasteiger partial charge < -0.3 is 9.80 Å². The molecule has 1 atom stereocenters. The molecule has 1 saturated heterocycles. The Morgan fingerprint density at radius 3 is 2.06 bits per heavy atom. The molecule has 166 valence electrons. The Hall–Kier alpha value is -3.77. The third kappa shape index (κ3) is 3.94. The van der Waals surface area contributed by atoms with E-state index in [9.17, 15) is 14.4 Å². The van der Waals surface area contributed by atoms with Crippen LogP contribution in [0, 0.1) is 0 Å². The topological polar surface area (TPSA) is 60.9 Å². The minimum absolute atomic E-state index is 0.00419. The van der Waals surface area contributed by atoms with E-state index >= 15 is 0 Å². The second kappa shape index (κ2) is 8.64. The lowest BCUT2D eigenvalue weighted by Crippen LogP contribution is -2.49. The van der Waals surface area contributed by atoms with Crippen molar-refractivity contribution in [2.45, 2.75) is 12.6 Å². The molecule has 5 rings (SSSR count). The van der Waals surface area contributed by atoms with Crippen LogP contribution >= 0.6 is 0 Å². The van der Waals surface area contributed by atoms with Gasteiger partial charge in [-0.3, -0.25) is 19.3 Å². The van der Waals surface area contributed by atoms with Crippen molar-refractivity contribution in [3.63, 3.8) is 0 Å². The third-order valence-electron chi connectivity index (χ3n) is 6.45. The standard InChI is InChI=1S/C27H25N3O3/c1-28-15-16-29(24(18-28)20-7-3-2-4-8-20)25(31)21-13-11-19(12-14-21)17-30-26(32)22-9-5-6-10-23(22)27(30)33/h2-14,24H,15-18H2,1H3/t24-/m1/s1. The van der Waals surface area contributed by atoms with Crippen LogP contribution in [0.5, 0.6) is 0 Å². The number of hydrogen-bond acceptors (Lipinski definition) is 4. The molecule has 0 N–H and O–H groups in total. The lowest BCUT2D eigenvalue weighted by molar-refractivity contribution is 0.0497. The summed E-state index contributed by atoms with van der Waals surface area (Å²) < 4.78 is 0. The number of amides is 3. The predicted molar refractivity (Wildman–Crippen MR) is 125 cm³/mol. The van der Waals surface area contributed by atoms with E-state index in [0.717, 1.165) is 24.2 Å². The first-order valence-corrected chi connectivity index (χ1v) is 11.1. The van der Waals surface area contributed by atoms with Crippen molar-refractivity contribution in [3.05, 3.63) is 107 Å². The van der Waals surface area contributed by atoms with E-state index in [4.69, 9.17) is 0 Å². The number of imide groups is 1. The summed E-state index contributed by atoms with van der Waals surface area (Å²) in [6.07, 6.45) is 0. The molecule has 0 radical (unpaired) electrons. The highest BCUT2D eigenvalue weighted by Gasteiger charge is 2.35. The molecule has 1 fully saturated rings. The maximum absolute atomic E-state index is 13.4. The van der Waals surface area contributed by atoms with Crippen molar-refractivity contribution in [2.75, 3.05) is 26.7 Å². The lowest BCUT2D eigenvalue weighted by Gasteiger charge is -2.40. The summed E-state index contributed by atoms with van der Waals surface area (Å²) in [4.78, 5) is 44.1. The normalized spacial score (nSPS) is 18.5. The number of piperazine rings is 1. The van der Waals surface area contributed by atoms with Gasteiger partial charge in [0.1, 0.15) is 0 Å². The smallest absolute Gasteiger partial charge is 0.261 e. The van der Waals surface area contributed by atoms with Crippen LogP contribution in [0.3, 0.4) is 0 Å². The van der Waals surface area contributed by atoms with Crippen LogP contribution in [0.1, 0.15) is 48.2 Å². The van der Waals surface area contributed by atoms with Gasteiger partial charge in [-0.2, -0.15) is 0 Å². The molecule has 2 aliphatic heterocycles. The summed E-state index contributed by atoms with van der Waals surface area (Å²) in [6.45, 7) is 2.45. The fraction of sp³-hybridized carbons (Fsp3) is 0.222. The molecule has 0 aromatic heterocycles. The maximum Gasteiger partial charge on any atom is 0.261 e. The Bertz CT molecular complexity index is 1170. The largest absolute Gasteiger partial charge is 0.329 e. The van der Waals surface area contributed by atoms with Crippen LogP contribution in [-0.2, 0) is 6.54 Å². The fourth-order valence-electron chi connectivity index (χ4n) is 4.61. The molecule has 6 heteroatoms. The summed E-state index contributed by atoms with van der Waals surface area (Å²) in [5, 5.41) is 0. The number of fused-ring (bicyclic) bond motifs is 1. The van der Waals surface area contributed by atoms with Gasteiger partial charge in [-0.1, -0.05) is 54.6 Å². The first kappa shape index (κ1) is 21.1. The molecule has 0 unspecified atom stereocenters. The summed E-state index contributed by atoms with van der Waals surface area (Å²) in [5.74, 6) is -0.568. The highest BCUT2D eigenvalue weighted by molar-refractivity contribution is 6.21. The van der Waals surface area contributed by atoms with Crippen LogP contribution < -0.4 is 0 Å². The Labute approximate surface area is 193 Å². The molecule has 3 amide bonds. The van der Waals surface area contributed by atoms with Crippen molar-refractivity contribution in [1.82, 2.24) is 14.7 Å². The molecule has 33 heavy (non-hydrogen) atoms. The van der Waals surface area contributed by atoms with E-state index in [1.807, 2.05) is 35.2 Å². The van der Waals surface area contributed by atoms with Crippen LogP contribution in [0.2, 0.25) is 0 Å². The highest BCUT2D eigenvalue weighted by atomic mass is 16.2. The zero-order valence-corrected chi connectivity index (χ0v) is 18.5. The van der Waals surface area contributed by atoms with Crippen molar-refractivity contribution >= 4 is 17.7 Å². The average Bonchev–Trinajstić information content (AvgIpc) is 3.09. The monoisotopic (exact) mass is 439 g/mol. The van der Waals surface area contributed by atoms with Gasteiger partial charge in [0.2, 0.25) is 0 Å². The molecule has 6 nitrogen and oxygen atoms in total. The van der Waals surface area contributed by atoms with Gasteiger partial charge in [-0.05, 0) is 42.4 Å². The number of nitrogens with zero attached hydrogens (tertiary/aromatic N) is 3. The molecule has 0 bridgehead atoms. The number of likely N-dealkylation sites (N-methyl/N-ethyl adjacent to an activating group) is 1. The van der Waals surface area contributed by atoms with E-state index in [-0.39, 0.29) is 30.3 Å². The molecule has 0 spiro atoms. The summed E-state index contributed by atoms with van der Waals surface area (Å²) in [6, 6.07) is 24.2. The Morgan fingerprint density at radius 2 is 1.42 bits per heavy atom. The summed E-state index contributed by atoms with van der Waals surface area (Å²) in [5.41, 5.74) is 3.41. The highest BCUT2D eigenvalue weighted by Crippen LogP contribution is 2.27. The van der Waals surface area contributed by atoms with Crippen LogP contribution in [-0.4, -0.2) is 59.1 Å². The van der Waals surface area contributed by atoms with E-state index in [2.05, 4.69) is 24.1 Å². The predicted octanol–water partition coefficient (Wildman–Crippen LogP) is 3.61. The third-order valence-corrected chi connectivity index (χ3v) is 6.45. The second-order valence-corrected chi connectivity index (χ2v) is 8.63. The quantitative estimate of drug-likeness (QED) is 0.583. The van der Waals surface area contributed by atoms with Gasteiger partial charge in [-0.15, -0.1) is 0 Å². The van der Waals surface area contributed by atoms with Crippen LogP contribution in [0.4, 0.5) is 0 Å². The zero-order chi connectivity index (χ0) is 22.9. The van der Waals surface area contributed by atoms with Crippen LogP contribution in [0.25, 0.3) is 0 Å². The second-order valence-electron chi connectivity index (χ2n) is 8.63. The number of benzene rings is 3. The Balaban J connectivity index is 1.33. The van der Waals surface area contributed by atoms with E-state index in [1.54, 1.807) is 36.4 Å². The fourth-order valence-corrected chi connectivity index (χ4v) is 4.61. The average molecular weight is 440 g/mol. The summed E-state index contributed by atoms with van der Waals surface area (Å²) >= 11 is 0. The van der Waals surface area contributed by atoms with Gasteiger partial charge in [0.15, 0.2) is 0 Å². The maximum atomic E-state index is 13.4. The van der Waals surface area contributed by atoms with Crippen molar-refractivity contribution in [2.24, 2.45) is 0 Å². The van der Waals surface area contributed by atoms with E-state index in [1.165, 1.54) is 4.90 Å². The minimum Gasteiger partial charge on any atom is -0.329 e. The number of hydrogen-bond donors (Lipinski definition) is 0. The lowest BCUT2D eigenvalue weighted by atomic mass is 10.0. The Kier molecular flexibility index (Phi) is 5.52. The van der Waals surface area contributed by atoms with E-state index in [0.29, 0.717) is 23.2 Å². The zero-order valence-electron chi connectivity index (χ0n) is 18.5. The molecular weight excluding hydrogens is 414 g/mol. The Morgan fingerprint density at radius 1 is 0.818 bits per heavy atom. The number of carbonyl (C=O) groups is 3. The molecule has 3 aromatic carbocycles. The summed E-state index contributed by atoms with van der Waals surface area (Å²) in [7, 11) is 2.08.